The van der Waals surface area contributed by atoms with Crippen molar-refractivity contribution in [3.8, 4) is 0 Å². The first-order chi connectivity index (χ1) is 15.7. The van der Waals surface area contributed by atoms with Crippen LogP contribution in [0, 0.1) is 27.7 Å². The van der Waals surface area contributed by atoms with E-state index in [9.17, 15) is 13.2 Å². The van der Waals surface area contributed by atoms with Crippen LogP contribution >= 0.6 is 0 Å². The molecule has 2 aliphatic heterocycles. The Morgan fingerprint density at radius 1 is 1.03 bits per heavy atom. The molecule has 7 heteroatoms. The minimum absolute atomic E-state index is 0.0199. The number of rotatable bonds is 6. The van der Waals surface area contributed by atoms with Gasteiger partial charge in [0.2, 0.25) is 15.9 Å². The summed E-state index contributed by atoms with van der Waals surface area (Å²) in [4.78, 5) is 17.5. The molecule has 1 saturated heterocycles. The van der Waals surface area contributed by atoms with Gasteiger partial charge >= 0.3 is 0 Å². The zero-order valence-corrected chi connectivity index (χ0v) is 21.0. The maximum Gasteiger partial charge on any atom is 0.241 e. The van der Waals surface area contributed by atoms with Crippen LogP contribution in [0.4, 0.5) is 0 Å². The molecule has 2 aromatic carbocycles. The summed E-state index contributed by atoms with van der Waals surface area (Å²) in [6.07, 6.45) is 2.21. The Kier molecular flexibility index (Phi) is 6.93. The lowest BCUT2D eigenvalue weighted by Gasteiger charge is -2.33. The normalized spacial score (nSPS) is 19.0. The van der Waals surface area contributed by atoms with E-state index in [0.29, 0.717) is 10.9 Å². The summed E-state index contributed by atoms with van der Waals surface area (Å²) in [7, 11) is -3.67. The fourth-order valence-corrected chi connectivity index (χ4v) is 6.85. The second-order valence-electron chi connectivity index (χ2n) is 9.51. The number of benzene rings is 2. The maximum atomic E-state index is 13.0. The monoisotopic (exact) mass is 469 g/mol. The molecule has 0 saturated carbocycles. The summed E-state index contributed by atoms with van der Waals surface area (Å²) >= 11 is 0. The third kappa shape index (κ3) is 5.00. The van der Waals surface area contributed by atoms with Gasteiger partial charge in [0.05, 0.1) is 4.90 Å². The molecule has 2 heterocycles. The first-order valence-electron chi connectivity index (χ1n) is 11.8. The number of nitrogens with zero attached hydrogens (tertiary/aromatic N) is 2. The van der Waals surface area contributed by atoms with Crippen molar-refractivity contribution in [3.05, 3.63) is 63.7 Å². The van der Waals surface area contributed by atoms with Crippen molar-refractivity contribution in [2.24, 2.45) is 0 Å². The fourth-order valence-electron chi connectivity index (χ4n) is 5.20. The summed E-state index contributed by atoms with van der Waals surface area (Å²) in [5.41, 5.74) is 6.27. The van der Waals surface area contributed by atoms with E-state index in [0.717, 1.165) is 61.3 Å². The van der Waals surface area contributed by atoms with Crippen molar-refractivity contribution in [2.75, 3.05) is 26.2 Å². The van der Waals surface area contributed by atoms with E-state index in [1.54, 1.807) is 0 Å². The van der Waals surface area contributed by atoms with Crippen LogP contribution in [0.1, 0.15) is 46.2 Å². The van der Waals surface area contributed by atoms with Gasteiger partial charge in [-0.2, -0.15) is 0 Å². The number of hydrogen-bond donors (Lipinski definition) is 1. The molecule has 178 valence electrons. The predicted molar refractivity (Wildman–Crippen MR) is 131 cm³/mol. The molecule has 0 radical (unpaired) electrons. The average Bonchev–Trinajstić information content (AvgIpc) is 3.28. The Hall–Kier alpha value is -2.22. The Bertz CT molecular complexity index is 1130. The van der Waals surface area contributed by atoms with Crippen molar-refractivity contribution in [1.82, 2.24) is 14.5 Å². The van der Waals surface area contributed by atoms with Gasteiger partial charge < -0.3 is 4.90 Å². The first-order valence-corrected chi connectivity index (χ1v) is 13.3. The largest absolute Gasteiger partial charge is 0.341 e. The van der Waals surface area contributed by atoms with E-state index in [1.807, 2.05) is 38.7 Å². The number of sulfonamides is 1. The number of nitrogens with one attached hydrogen (secondary N) is 1. The SMILES string of the molecule is Cc1cc(C)c(C)c(S(=O)(=O)NCCC(=O)N2CCC(N3CCc4ccccc4C3)C2)c1C. The molecule has 6 nitrogen and oxygen atoms in total. The summed E-state index contributed by atoms with van der Waals surface area (Å²) in [5, 5.41) is 0. The van der Waals surface area contributed by atoms with Gasteiger partial charge in [0.1, 0.15) is 0 Å². The molecule has 33 heavy (non-hydrogen) atoms. The molecular formula is C26H35N3O3S. The van der Waals surface area contributed by atoms with Crippen LogP contribution in [0.15, 0.2) is 35.2 Å². The van der Waals surface area contributed by atoms with Crippen LogP contribution in [0.2, 0.25) is 0 Å². The van der Waals surface area contributed by atoms with Crippen molar-refractivity contribution in [3.63, 3.8) is 0 Å². The number of aryl methyl sites for hydroxylation is 2. The zero-order chi connectivity index (χ0) is 23.8. The Morgan fingerprint density at radius 3 is 2.39 bits per heavy atom. The van der Waals surface area contributed by atoms with E-state index in [-0.39, 0.29) is 18.9 Å². The highest BCUT2D eigenvalue weighted by Gasteiger charge is 2.32. The van der Waals surface area contributed by atoms with E-state index in [2.05, 4.69) is 33.9 Å². The zero-order valence-electron chi connectivity index (χ0n) is 20.1. The van der Waals surface area contributed by atoms with Crippen molar-refractivity contribution in [1.29, 1.82) is 0 Å². The summed E-state index contributed by atoms with van der Waals surface area (Å²) in [5.74, 6) is 0.0199. The molecule has 1 N–H and O–H groups in total. The van der Waals surface area contributed by atoms with Gasteiger partial charge in [-0.05, 0) is 73.9 Å². The smallest absolute Gasteiger partial charge is 0.241 e. The second kappa shape index (κ2) is 9.57. The molecule has 0 spiro atoms. The number of carbonyl (C=O) groups excluding carboxylic acids is 1. The minimum atomic E-state index is -3.67. The Morgan fingerprint density at radius 2 is 1.70 bits per heavy atom. The average molecular weight is 470 g/mol. The van der Waals surface area contributed by atoms with E-state index >= 15 is 0 Å². The van der Waals surface area contributed by atoms with E-state index < -0.39 is 10.0 Å². The lowest BCUT2D eigenvalue weighted by molar-refractivity contribution is -0.130. The van der Waals surface area contributed by atoms with Crippen LogP contribution in [0.3, 0.4) is 0 Å². The number of likely N-dealkylation sites (tertiary alicyclic amines) is 1. The third-order valence-electron chi connectivity index (χ3n) is 7.39. The Balaban J connectivity index is 1.31. The highest BCUT2D eigenvalue weighted by atomic mass is 32.2. The topological polar surface area (TPSA) is 69.7 Å². The molecule has 0 aromatic heterocycles. The maximum absolute atomic E-state index is 13.0. The van der Waals surface area contributed by atoms with Gasteiger partial charge in [0, 0.05) is 45.2 Å². The van der Waals surface area contributed by atoms with Gasteiger partial charge in [-0.3, -0.25) is 9.69 Å². The van der Waals surface area contributed by atoms with Gasteiger partial charge in [0.15, 0.2) is 0 Å². The van der Waals surface area contributed by atoms with Crippen LogP contribution < -0.4 is 4.72 Å². The van der Waals surface area contributed by atoms with Crippen molar-refractivity contribution in [2.45, 2.75) is 64.4 Å². The third-order valence-corrected chi connectivity index (χ3v) is 9.12. The molecule has 0 aliphatic carbocycles. The van der Waals surface area contributed by atoms with Gasteiger partial charge in [-0.25, -0.2) is 13.1 Å². The highest BCUT2D eigenvalue weighted by Crippen LogP contribution is 2.27. The van der Waals surface area contributed by atoms with Crippen LogP contribution in [0.25, 0.3) is 0 Å². The number of amides is 1. The highest BCUT2D eigenvalue weighted by molar-refractivity contribution is 7.89. The molecule has 0 bridgehead atoms. The number of carbonyl (C=O) groups is 1. The molecule has 1 fully saturated rings. The molecule has 4 rings (SSSR count). The molecule has 1 unspecified atom stereocenters. The quantitative estimate of drug-likeness (QED) is 0.705. The lowest BCUT2D eigenvalue weighted by atomic mass is 9.98. The van der Waals surface area contributed by atoms with Crippen LogP contribution in [-0.4, -0.2) is 56.3 Å². The minimum Gasteiger partial charge on any atom is -0.341 e. The predicted octanol–water partition coefficient (Wildman–Crippen LogP) is 3.25. The lowest BCUT2D eigenvalue weighted by Crippen LogP contribution is -2.42. The van der Waals surface area contributed by atoms with Crippen molar-refractivity contribution < 1.29 is 13.2 Å². The first kappa shape index (κ1) is 23.9. The molecule has 2 aromatic rings. The van der Waals surface area contributed by atoms with Crippen LogP contribution in [0.5, 0.6) is 0 Å². The Labute approximate surface area is 198 Å². The number of fused-ring (bicyclic) bond motifs is 1. The molecule has 2 aliphatic rings. The summed E-state index contributed by atoms with van der Waals surface area (Å²) in [6.45, 7) is 11.1. The molecular weight excluding hydrogens is 434 g/mol. The van der Waals surface area contributed by atoms with Gasteiger partial charge in [0.25, 0.3) is 0 Å². The van der Waals surface area contributed by atoms with Gasteiger partial charge in [-0.1, -0.05) is 30.3 Å². The van der Waals surface area contributed by atoms with Crippen LogP contribution in [-0.2, 0) is 27.8 Å². The van der Waals surface area contributed by atoms with E-state index in [1.165, 1.54) is 11.1 Å². The van der Waals surface area contributed by atoms with E-state index in [4.69, 9.17) is 0 Å². The fraction of sp³-hybridized carbons (Fsp3) is 0.500. The summed E-state index contributed by atoms with van der Waals surface area (Å²) < 4.78 is 28.7. The second-order valence-corrected chi connectivity index (χ2v) is 11.2. The standard InChI is InChI=1S/C26H35N3O3S/c1-18-15-19(2)21(4)26(20(18)3)33(31,32)27-12-9-25(30)29-14-11-24(17-29)28-13-10-22-7-5-6-8-23(22)16-28/h5-8,15,24,27H,9-14,16-17H2,1-4H3. The molecule has 1 atom stereocenters. The van der Waals surface area contributed by atoms with Crippen molar-refractivity contribution >= 4 is 15.9 Å². The van der Waals surface area contributed by atoms with Gasteiger partial charge in [-0.15, -0.1) is 0 Å². The number of hydrogen-bond acceptors (Lipinski definition) is 4. The summed E-state index contributed by atoms with van der Waals surface area (Å²) in [6, 6.07) is 11.0. The molecule has 1 amide bonds.